The molecule has 3 aromatic rings. The van der Waals surface area contributed by atoms with Crippen molar-refractivity contribution in [3.05, 3.63) is 63.7 Å². The summed E-state index contributed by atoms with van der Waals surface area (Å²) in [6, 6.07) is 3.52. The zero-order valence-electron chi connectivity index (χ0n) is 17.2. The molecule has 2 fully saturated rings. The van der Waals surface area contributed by atoms with Crippen molar-refractivity contribution in [3.8, 4) is 5.69 Å². The minimum atomic E-state index is -1.58. The Labute approximate surface area is 184 Å². The predicted molar refractivity (Wildman–Crippen MR) is 111 cm³/mol. The molecule has 0 radical (unpaired) electrons. The number of nitrogens with one attached hydrogen (secondary N) is 1. The highest BCUT2D eigenvalue weighted by Crippen LogP contribution is 2.50. The number of fused-ring (bicyclic) bond motifs is 2. The summed E-state index contributed by atoms with van der Waals surface area (Å²) in [6.07, 6.45) is 1.64. The van der Waals surface area contributed by atoms with E-state index in [0.29, 0.717) is 19.2 Å². The minimum Gasteiger partial charge on any atom is -0.477 e. The fourth-order valence-electron chi connectivity index (χ4n) is 4.64. The molecule has 1 saturated carbocycles. The third-order valence-corrected chi connectivity index (χ3v) is 6.18. The molecule has 3 heterocycles. The molecule has 1 amide bonds. The number of hydrogen-bond acceptors (Lipinski definition) is 5. The molecule has 33 heavy (non-hydrogen) atoms. The van der Waals surface area contributed by atoms with Crippen LogP contribution < -0.4 is 15.6 Å². The van der Waals surface area contributed by atoms with Crippen molar-refractivity contribution in [3.63, 3.8) is 0 Å². The number of halogens is 3. The first-order valence-electron chi connectivity index (χ1n) is 10.1. The Balaban J connectivity index is 1.70. The molecule has 2 aromatic heterocycles. The van der Waals surface area contributed by atoms with Gasteiger partial charge in [0.1, 0.15) is 17.2 Å². The van der Waals surface area contributed by atoms with Crippen molar-refractivity contribution in [2.24, 2.45) is 5.92 Å². The average Bonchev–Trinajstić information content (AvgIpc) is 3.26. The SMILES string of the molecule is CC(=O)NC12CC1CN(c1nc3c(cc1F)c(=O)c(C(=O)O)cn3-c1ccc(F)cc1F)C2. The topological polar surface area (TPSA) is 105 Å². The summed E-state index contributed by atoms with van der Waals surface area (Å²) in [5.41, 5.74) is -2.60. The van der Waals surface area contributed by atoms with E-state index in [4.69, 9.17) is 0 Å². The summed E-state index contributed by atoms with van der Waals surface area (Å²) in [5, 5.41) is 11.9. The molecule has 5 rings (SSSR count). The summed E-state index contributed by atoms with van der Waals surface area (Å²) in [4.78, 5) is 41.7. The van der Waals surface area contributed by atoms with Crippen molar-refractivity contribution < 1.29 is 27.9 Å². The van der Waals surface area contributed by atoms with Crippen LogP contribution in [0, 0.1) is 23.4 Å². The first-order chi connectivity index (χ1) is 15.6. The van der Waals surface area contributed by atoms with Crippen LogP contribution in [0.2, 0.25) is 0 Å². The molecule has 11 heteroatoms. The van der Waals surface area contributed by atoms with Gasteiger partial charge in [-0.15, -0.1) is 0 Å². The molecule has 1 aliphatic carbocycles. The van der Waals surface area contributed by atoms with Gasteiger partial charge in [0.05, 0.1) is 16.6 Å². The third kappa shape index (κ3) is 3.31. The van der Waals surface area contributed by atoms with E-state index in [2.05, 4.69) is 10.3 Å². The van der Waals surface area contributed by atoms with E-state index in [0.717, 1.165) is 35.4 Å². The summed E-state index contributed by atoms with van der Waals surface area (Å²) in [5.74, 6) is -4.50. The summed E-state index contributed by atoms with van der Waals surface area (Å²) in [6.45, 7) is 2.12. The van der Waals surface area contributed by atoms with E-state index in [-0.39, 0.29) is 34.4 Å². The Morgan fingerprint density at radius 1 is 1.21 bits per heavy atom. The highest BCUT2D eigenvalue weighted by Gasteiger charge is 2.61. The Kier molecular flexibility index (Phi) is 4.49. The van der Waals surface area contributed by atoms with Gasteiger partial charge in [-0.1, -0.05) is 0 Å². The van der Waals surface area contributed by atoms with E-state index < -0.39 is 40.0 Å². The number of piperidine rings is 1. The van der Waals surface area contributed by atoms with Gasteiger partial charge < -0.3 is 15.3 Å². The molecular formula is C22H17F3N4O4. The molecule has 1 saturated heterocycles. The number of carbonyl (C=O) groups is 2. The maximum Gasteiger partial charge on any atom is 0.341 e. The Morgan fingerprint density at radius 2 is 1.97 bits per heavy atom. The monoisotopic (exact) mass is 458 g/mol. The van der Waals surface area contributed by atoms with Crippen molar-refractivity contribution in [2.45, 2.75) is 18.9 Å². The molecule has 8 nitrogen and oxygen atoms in total. The molecule has 0 bridgehead atoms. The van der Waals surface area contributed by atoms with E-state index >= 15 is 4.39 Å². The second kappa shape index (κ2) is 7.06. The van der Waals surface area contributed by atoms with Crippen LogP contribution in [0.3, 0.4) is 0 Å². The smallest absolute Gasteiger partial charge is 0.341 e. The zero-order chi connectivity index (χ0) is 23.7. The number of amides is 1. The van der Waals surface area contributed by atoms with Crippen molar-refractivity contribution in [1.29, 1.82) is 0 Å². The predicted octanol–water partition coefficient (Wildman–Crippen LogP) is 2.22. The van der Waals surface area contributed by atoms with E-state index in [9.17, 15) is 28.3 Å². The summed E-state index contributed by atoms with van der Waals surface area (Å²) >= 11 is 0. The molecule has 2 aliphatic rings. The summed E-state index contributed by atoms with van der Waals surface area (Å²) in [7, 11) is 0. The lowest BCUT2D eigenvalue weighted by Crippen LogP contribution is -2.41. The van der Waals surface area contributed by atoms with Gasteiger partial charge in [0.15, 0.2) is 17.3 Å². The Bertz CT molecular complexity index is 1420. The fourth-order valence-corrected chi connectivity index (χ4v) is 4.64. The number of benzene rings is 1. The lowest BCUT2D eigenvalue weighted by Gasteiger charge is -2.23. The number of hydrogen-bond donors (Lipinski definition) is 2. The number of nitrogens with zero attached hydrogens (tertiary/aromatic N) is 3. The van der Waals surface area contributed by atoms with Gasteiger partial charge in [-0.05, 0) is 24.6 Å². The van der Waals surface area contributed by atoms with Gasteiger partial charge in [0.2, 0.25) is 11.3 Å². The molecule has 0 spiro atoms. The van der Waals surface area contributed by atoms with Crippen LogP contribution in [-0.4, -0.2) is 45.2 Å². The Morgan fingerprint density at radius 3 is 2.64 bits per heavy atom. The molecule has 2 N–H and O–H groups in total. The minimum absolute atomic E-state index is 0.113. The number of pyridine rings is 2. The van der Waals surface area contributed by atoms with Crippen LogP contribution in [0.5, 0.6) is 0 Å². The van der Waals surface area contributed by atoms with Gasteiger partial charge in [0.25, 0.3) is 0 Å². The molecule has 170 valence electrons. The highest BCUT2D eigenvalue weighted by molar-refractivity contribution is 5.92. The first-order valence-corrected chi connectivity index (χ1v) is 10.1. The number of carboxylic acids is 1. The second-order valence-electron chi connectivity index (χ2n) is 8.43. The lowest BCUT2D eigenvalue weighted by atomic mass is 10.1. The van der Waals surface area contributed by atoms with Crippen LogP contribution in [0.1, 0.15) is 23.7 Å². The number of carboxylic acid groups (broad SMARTS) is 1. The number of anilines is 1. The van der Waals surface area contributed by atoms with Gasteiger partial charge >= 0.3 is 5.97 Å². The Hall–Kier alpha value is -3.89. The van der Waals surface area contributed by atoms with Crippen LogP contribution >= 0.6 is 0 Å². The van der Waals surface area contributed by atoms with Crippen molar-refractivity contribution in [1.82, 2.24) is 14.9 Å². The van der Waals surface area contributed by atoms with E-state index in [1.165, 1.54) is 6.92 Å². The molecule has 1 aromatic carbocycles. The number of rotatable bonds is 4. The number of carbonyl (C=O) groups excluding carboxylic acids is 1. The van der Waals surface area contributed by atoms with Gasteiger partial charge in [-0.2, -0.15) is 0 Å². The average molecular weight is 458 g/mol. The quantitative estimate of drug-likeness (QED) is 0.622. The van der Waals surface area contributed by atoms with Crippen molar-refractivity contribution >= 4 is 28.7 Å². The molecule has 2 atom stereocenters. The van der Waals surface area contributed by atoms with Crippen LogP contribution in [0.15, 0.2) is 35.3 Å². The van der Waals surface area contributed by atoms with Gasteiger partial charge in [-0.3, -0.25) is 14.2 Å². The van der Waals surface area contributed by atoms with E-state index in [1.807, 2.05) is 0 Å². The maximum atomic E-state index is 15.1. The second-order valence-corrected chi connectivity index (χ2v) is 8.43. The van der Waals surface area contributed by atoms with Crippen LogP contribution in [0.4, 0.5) is 19.0 Å². The van der Waals surface area contributed by atoms with Crippen LogP contribution in [0.25, 0.3) is 16.7 Å². The van der Waals surface area contributed by atoms with E-state index in [1.54, 1.807) is 4.90 Å². The summed E-state index contributed by atoms with van der Waals surface area (Å²) < 4.78 is 44.1. The molecule has 2 unspecified atom stereocenters. The normalized spacial score (nSPS) is 21.2. The van der Waals surface area contributed by atoms with Crippen LogP contribution in [-0.2, 0) is 4.79 Å². The highest BCUT2D eigenvalue weighted by atomic mass is 19.1. The zero-order valence-corrected chi connectivity index (χ0v) is 17.2. The number of aromatic nitrogens is 2. The first kappa shape index (κ1) is 21.0. The van der Waals surface area contributed by atoms with Gasteiger partial charge in [0, 0.05) is 38.2 Å². The third-order valence-electron chi connectivity index (χ3n) is 6.18. The molecular weight excluding hydrogens is 441 g/mol. The number of aromatic carboxylic acids is 1. The standard InChI is InChI=1S/C22H17F3N4O4/c1-10(30)27-22-6-11(22)7-28(9-22)20-16(25)5-13-18(31)14(21(32)33)8-29(19(13)26-20)17-3-2-12(23)4-15(17)24/h2-5,8,11H,6-7,9H2,1H3,(H,27,30)(H,32,33). The van der Waals surface area contributed by atoms with Crippen molar-refractivity contribution in [2.75, 3.05) is 18.0 Å². The maximum absolute atomic E-state index is 15.1. The molecule has 1 aliphatic heterocycles. The fraction of sp³-hybridized carbons (Fsp3) is 0.273. The largest absolute Gasteiger partial charge is 0.477 e. The van der Waals surface area contributed by atoms with Gasteiger partial charge in [-0.25, -0.2) is 22.9 Å². The lowest BCUT2D eigenvalue weighted by molar-refractivity contribution is -0.119.